The zero-order valence-corrected chi connectivity index (χ0v) is 5.79. The molecule has 5 heavy (non-hydrogen) atoms. The van der Waals surface area contributed by atoms with Crippen LogP contribution in [0.3, 0.4) is 0 Å². The Balaban J connectivity index is 2.19. The third-order valence-corrected chi connectivity index (χ3v) is 0.878. The summed E-state index contributed by atoms with van der Waals surface area (Å²) in [5, 5.41) is 3.81. The van der Waals surface area contributed by atoms with Gasteiger partial charge in [0.05, 0.1) is 10.9 Å². The van der Waals surface area contributed by atoms with Crippen LogP contribution in [0.1, 0.15) is 0 Å². The van der Waals surface area contributed by atoms with Gasteiger partial charge in [0.15, 0.2) is 0 Å². The van der Waals surface area contributed by atoms with E-state index in [0.717, 1.165) is 10.9 Å². The molecule has 0 aliphatic carbocycles. The van der Waals surface area contributed by atoms with Gasteiger partial charge < -0.3 is 0 Å². The predicted octanol–water partition coefficient (Wildman–Crippen LogP) is 1.30. The Hall–Kier alpha value is 0.920. The van der Waals surface area contributed by atoms with E-state index in [1.54, 1.807) is 0 Å². The van der Waals surface area contributed by atoms with Crippen molar-refractivity contribution < 1.29 is 0 Å². The Labute approximate surface area is 48.4 Å². The number of halogens is 2. The van der Waals surface area contributed by atoms with Crippen LogP contribution >= 0.6 is 31.9 Å². The van der Waals surface area contributed by atoms with E-state index in [1.165, 1.54) is 0 Å². The van der Waals surface area contributed by atoms with Gasteiger partial charge >= 0.3 is 0 Å². The van der Waals surface area contributed by atoms with Crippen LogP contribution in [-0.4, -0.2) is 10.9 Å². The van der Waals surface area contributed by atoms with E-state index in [-0.39, 0.29) is 0 Å². The van der Waals surface area contributed by atoms with Crippen molar-refractivity contribution in [2.75, 3.05) is 10.9 Å². The second-order valence-electron chi connectivity index (χ2n) is 0.463. The van der Waals surface area contributed by atoms with Crippen molar-refractivity contribution in [3.8, 4) is 0 Å². The molecule has 0 rings (SSSR count). The summed E-state index contributed by atoms with van der Waals surface area (Å²) in [6.45, 7) is 0. The van der Waals surface area contributed by atoms with Crippen molar-refractivity contribution in [1.29, 1.82) is 0 Å². The molecule has 0 heterocycles. The fourth-order valence-corrected chi connectivity index (χ4v) is 0.862. The first-order valence-corrected chi connectivity index (χ1v) is 3.41. The zero-order chi connectivity index (χ0) is 4.12. The molecule has 0 aliphatic heterocycles. The molecular formula is C2H4Br2N. The lowest BCUT2D eigenvalue weighted by atomic mass is 11.3. The Morgan fingerprint density at radius 1 is 1.20 bits per heavy atom. The Morgan fingerprint density at radius 2 is 1.60 bits per heavy atom. The van der Waals surface area contributed by atoms with E-state index in [0.29, 0.717) is 0 Å². The minimum absolute atomic E-state index is 0.734. The molecule has 0 saturated carbocycles. The molecule has 1 nitrogen and oxygen atoms in total. The first-order valence-electron chi connectivity index (χ1n) is 1.17. The molecule has 31 valence electrons. The molecule has 0 amide bonds. The molecule has 0 aromatic rings. The molecule has 3 heteroatoms. The molecule has 0 aliphatic rings. The highest BCUT2D eigenvalue weighted by Gasteiger charge is 1.69. The molecular weight excluding hydrogens is 198 g/mol. The fraction of sp³-hybridized carbons (Fsp3) is 1.00. The van der Waals surface area contributed by atoms with Crippen LogP contribution in [0.25, 0.3) is 0 Å². The highest BCUT2D eigenvalue weighted by molar-refractivity contribution is 9.09. The van der Waals surface area contributed by atoms with Crippen molar-refractivity contribution in [3.05, 3.63) is 0 Å². The Morgan fingerprint density at radius 3 is 1.60 bits per heavy atom. The van der Waals surface area contributed by atoms with Crippen LogP contribution in [0, 0.1) is 0 Å². The van der Waals surface area contributed by atoms with Crippen molar-refractivity contribution in [3.63, 3.8) is 0 Å². The molecule has 0 aromatic carbocycles. The van der Waals surface area contributed by atoms with Crippen molar-refractivity contribution in [2.45, 2.75) is 0 Å². The summed E-state index contributed by atoms with van der Waals surface area (Å²) in [5.74, 6) is 0. The summed E-state index contributed by atoms with van der Waals surface area (Å²) in [6.07, 6.45) is 0. The monoisotopic (exact) mass is 200 g/mol. The summed E-state index contributed by atoms with van der Waals surface area (Å²) in [4.78, 5) is 0. The first-order chi connectivity index (χ1) is 2.41. The van der Waals surface area contributed by atoms with Crippen LogP contribution in [0.5, 0.6) is 0 Å². The Kier molecular flexibility index (Phi) is 5.83. The van der Waals surface area contributed by atoms with E-state index < -0.39 is 0 Å². The molecule has 0 bridgehead atoms. The van der Waals surface area contributed by atoms with Gasteiger partial charge in [-0.2, -0.15) is 0 Å². The van der Waals surface area contributed by atoms with Crippen LogP contribution in [0.15, 0.2) is 0 Å². The summed E-state index contributed by atoms with van der Waals surface area (Å²) in [7, 11) is 0. The largest absolute Gasteiger partial charge is 0.219 e. The van der Waals surface area contributed by atoms with E-state index >= 15 is 0 Å². The van der Waals surface area contributed by atoms with E-state index in [9.17, 15) is 0 Å². The lowest BCUT2D eigenvalue weighted by Gasteiger charge is -1.79. The third kappa shape index (κ3) is 4.92. The second kappa shape index (κ2) is 4.92. The second-order valence-corrected chi connectivity index (χ2v) is 1.47. The number of hydrogen-bond donors (Lipinski definition) is 0. The van der Waals surface area contributed by atoms with Gasteiger partial charge in [0.2, 0.25) is 0 Å². The molecule has 0 fully saturated rings. The Bertz CT molecular complexity index is 15.1. The average Bonchev–Trinajstić information content (AvgIpc) is 1.41. The van der Waals surface area contributed by atoms with Gasteiger partial charge in [0.25, 0.3) is 0 Å². The van der Waals surface area contributed by atoms with E-state index in [4.69, 9.17) is 0 Å². The predicted molar refractivity (Wildman–Crippen MR) is 29.7 cm³/mol. The molecule has 0 saturated heterocycles. The number of rotatable bonds is 2. The molecule has 1 radical (unpaired) electrons. The third-order valence-electron chi connectivity index (χ3n) is 0.169. The van der Waals surface area contributed by atoms with Crippen LogP contribution in [0.2, 0.25) is 0 Å². The average molecular weight is 202 g/mol. The van der Waals surface area contributed by atoms with Crippen molar-refractivity contribution in [1.82, 2.24) is 5.32 Å². The normalized spacial score (nSPS) is 8.40. The minimum atomic E-state index is 0.734. The van der Waals surface area contributed by atoms with Crippen molar-refractivity contribution >= 4 is 31.9 Å². The summed E-state index contributed by atoms with van der Waals surface area (Å²) in [5.41, 5.74) is 1.47. The van der Waals surface area contributed by atoms with E-state index in [1.807, 2.05) is 0 Å². The van der Waals surface area contributed by atoms with Crippen LogP contribution in [0.4, 0.5) is 0 Å². The van der Waals surface area contributed by atoms with Gasteiger partial charge in [-0.25, -0.2) is 5.32 Å². The fourth-order valence-electron chi connectivity index (χ4n) is 0.0319. The minimum Gasteiger partial charge on any atom is -0.219 e. The number of alkyl halides is 2. The van der Waals surface area contributed by atoms with Crippen LogP contribution < -0.4 is 5.32 Å². The van der Waals surface area contributed by atoms with Gasteiger partial charge in [-0.05, 0) is 0 Å². The lowest BCUT2D eigenvalue weighted by molar-refractivity contribution is 0.946. The molecule has 0 aromatic heterocycles. The smallest absolute Gasteiger partial charge is 0.0697 e. The quantitative estimate of drug-likeness (QED) is 0.473. The van der Waals surface area contributed by atoms with Crippen molar-refractivity contribution in [2.24, 2.45) is 0 Å². The van der Waals surface area contributed by atoms with E-state index in [2.05, 4.69) is 37.2 Å². The van der Waals surface area contributed by atoms with Gasteiger partial charge in [0, 0.05) is 0 Å². The highest BCUT2D eigenvalue weighted by Crippen LogP contribution is 1.77. The summed E-state index contributed by atoms with van der Waals surface area (Å²) >= 11 is 6.23. The maximum absolute atomic E-state index is 3.81. The SMILES string of the molecule is BrC[N]CBr. The first kappa shape index (κ1) is 5.92. The molecule has 0 unspecified atom stereocenters. The molecule has 0 atom stereocenters. The maximum Gasteiger partial charge on any atom is 0.0697 e. The van der Waals surface area contributed by atoms with Gasteiger partial charge in [0.1, 0.15) is 0 Å². The van der Waals surface area contributed by atoms with Gasteiger partial charge in [-0.15, -0.1) is 0 Å². The molecule has 0 spiro atoms. The summed E-state index contributed by atoms with van der Waals surface area (Å²) < 4.78 is 0. The standard InChI is InChI=1S/C2H4Br2N/c3-1-5-2-4/h1-2H2. The van der Waals surface area contributed by atoms with Crippen LogP contribution in [-0.2, 0) is 0 Å². The maximum atomic E-state index is 3.81. The number of hydrogen-bond acceptors (Lipinski definition) is 0. The highest BCUT2D eigenvalue weighted by atomic mass is 79.9. The lowest BCUT2D eigenvalue weighted by Crippen LogP contribution is -1.94. The number of nitrogens with zero attached hydrogens (tertiary/aromatic N) is 1. The zero-order valence-electron chi connectivity index (χ0n) is 2.62. The van der Waals surface area contributed by atoms with Gasteiger partial charge in [-0.1, -0.05) is 31.9 Å². The topological polar surface area (TPSA) is 14.1 Å². The van der Waals surface area contributed by atoms with Gasteiger partial charge in [-0.3, -0.25) is 0 Å². The molecule has 0 N–H and O–H groups in total. The summed E-state index contributed by atoms with van der Waals surface area (Å²) in [6, 6.07) is 0.